The van der Waals surface area contributed by atoms with Crippen LogP contribution in [0.25, 0.3) is 0 Å². The van der Waals surface area contributed by atoms with Gasteiger partial charge in [0.15, 0.2) is 0 Å². The van der Waals surface area contributed by atoms with Crippen LogP contribution in [0.2, 0.25) is 0 Å². The van der Waals surface area contributed by atoms with Gasteiger partial charge < -0.3 is 10.1 Å². The first-order valence-electron chi connectivity index (χ1n) is 9.62. The van der Waals surface area contributed by atoms with Gasteiger partial charge in [-0.2, -0.15) is 0 Å². The van der Waals surface area contributed by atoms with Crippen molar-refractivity contribution in [3.8, 4) is 0 Å². The van der Waals surface area contributed by atoms with Crippen LogP contribution in [0, 0.1) is 6.92 Å². The molecule has 0 fully saturated rings. The average Bonchev–Trinajstić information content (AvgIpc) is 2.65. The Balaban J connectivity index is 1.77. The molecule has 0 bridgehead atoms. The van der Waals surface area contributed by atoms with Crippen molar-refractivity contribution in [3.05, 3.63) is 70.8 Å². The van der Waals surface area contributed by atoms with Gasteiger partial charge in [0.25, 0.3) is 0 Å². The standard InChI is InChI=1S/C23H28N2O3/c1-16-9-11-17(12-10-16)14-24-21(26)20-13-18-7-5-6-8-19(18)15-25(20)22(27)28-23(2,3)4/h5-12,20H,13-15H2,1-4H3,(H,24,26). The molecule has 5 nitrogen and oxygen atoms in total. The van der Waals surface area contributed by atoms with Gasteiger partial charge in [0, 0.05) is 13.0 Å². The second-order valence-electron chi connectivity index (χ2n) is 8.30. The van der Waals surface area contributed by atoms with E-state index in [2.05, 4.69) is 5.32 Å². The molecule has 1 unspecified atom stereocenters. The first-order valence-corrected chi connectivity index (χ1v) is 9.62. The number of aryl methyl sites for hydroxylation is 1. The third-order valence-corrected chi connectivity index (χ3v) is 4.77. The van der Waals surface area contributed by atoms with Crippen LogP contribution < -0.4 is 5.32 Å². The number of benzene rings is 2. The molecule has 148 valence electrons. The normalized spacial score (nSPS) is 16.3. The number of fused-ring (bicyclic) bond motifs is 1. The molecule has 1 heterocycles. The highest BCUT2D eigenvalue weighted by Gasteiger charge is 2.36. The molecule has 28 heavy (non-hydrogen) atoms. The zero-order chi connectivity index (χ0) is 20.3. The van der Waals surface area contributed by atoms with Crippen LogP contribution in [0.15, 0.2) is 48.5 Å². The van der Waals surface area contributed by atoms with Gasteiger partial charge in [0.1, 0.15) is 11.6 Å². The maximum absolute atomic E-state index is 13.0. The SMILES string of the molecule is Cc1ccc(CNC(=O)C2Cc3ccccc3CN2C(=O)OC(C)(C)C)cc1. The van der Waals surface area contributed by atoms with Gasteiger partial charge in [0.2, 0.25) is 5.91 Å². The molecular formula is C23H28N2O3. The van der Waals surface area contributed by atoms with E-state index >= 15 is 0 Å². The van der Waals surface area contributed by atoms with E-state index in [0.717, 1.165) is 16.7 Å². The first kappa shape index (κ1) is 19.9. The molecule has 0 saturated carbocycles. The number of carbonyl (C=O) groups excluding carboxylic acids is 2. The van der Waals surface area contributed by atoms with Crippen molar-refractivity contribution in [2.45, 2.75) is 58.8 Å². The van der Waals surface area contributed by atoms with Gasteiger partial charge in [-0.3, -0.25) is 9.69 Å². The Morgan fingerprint density at radius 3 is 2.36 bits per heavy atom. The van der Waals surface area contributed by atoms with E-state index < -0.39 is 17.7 Å². The fraction of sp³-hybridized carbons (Fsp3) is 0.391. The summed E-state index contributed by atoms with van der Waals surface area (Å²) >= 11 is 0. The van der Waals surface area contributed by atoms with Crippen LogP contribution in [0.3, 0.4) is 0 Å². The quantitative estimate of drug-likeness (QED) is 0.876. The monoisotopic (exact) mass is 380 g/mol. The first-order chi connectivity index (χ1) is 13.2. The molecule has 5 heteroatoms. The minimum Gasteiger partial charge on any atom is -0.444 e. The lowest BCUT2D eigenvalue weighted by Crippen LogP contribution is -2.53. The van der Waals surface area contributed by atoms with Crippen molar-refractivity contribution in [3.63, 3.8) is 0 Å². The topological polar surface area (TPSA) is 58.6 Å². The minimum absolute atomic E-state index is 0.166. The lowest BCUT2D eigenvalue weighted by atomic mass is 9.93. The number of amides is 2. The molecule has 1 aliphatic rings. The largest absolute Gasteiger partial charge is 0.444 e. The highest BCUT2D eigenvalue weighted by molar-refractivity contribution is 5.86. The van der Waals surface area contributed by atoms with E-state index in [9.17, 15) is 9.59 Å². The highest BCUT2D eigenvalue weighted by atomic mass is 16.6. The summed E-state index contributed by atoms with van der Waals surface area (Å²) in [5, 5.41) is 2.98. The molecule has 1 N–H and O–H groups in total. The average molecular weight is 380 g/mol. The number of nitrogens with one attached hydrogen (secondary N) is 1. The van der Waals surface area contributed by atoms with Gasteiger partial charge in [-0.25, -0.2) is 4.79 Å². The number of hydrogen-bond donors (Lipinski definition) is 1. The van der Waals surface area contributed by atoms with E-state index in [0.29, 0.717) is 19.5 Å². The van der Waals surface area contributed by atoms with E-state index in [-0.39, 0.29) is 5.91 Å². The zero-order valence-corrected chi connectivity index (χ0v) is 17.0. The van der Waals surface area contributed by atoms with Crippen molar-refractivity contribution in [2.75, 3.05) is 0 Å². The maximum Gasteiger partial charge on any atom is 0.411 e. The second kappa shape index (κ2) is 8.05. The van der Waals surface area contributed by atoms with Gasteiger partial charge in [0.05, 0.1) is 6.54 Å². The van der Waals surface area contributed by atoms with Crippen molar-refractivity contribution < 1.29 is 14.3 Å². The highest BCUT2D eigenvalue weighted by Crippen LogP contribution is 2.25. The number of rotatable bonds is 3. The predicted octanol–water partition coefficient (Wildman–Crippen LogP) is 3.97. The molecular weight excluding hydrogens is 352 g/mol. The smallest absolute Gasteiger partial charge is 0.411 e. The Kier molecular flexibility index (Phi) is 5.73. The van der Waals surface area contributed by atoms with E-state index in [1.165, 1.54) is 10.5 Å². The Morgan fingerprint density at radius 1 is 1.07 bits per heavy atom. The van der Waals surface area contributed by atoms with E-state index in [4.69, 9.17) is 4.74 Å². The zero-order valence-electron chi connectivity index (χ0n) is 17.0. The van der Waals surface area contributed by atoms with Crippen molar-refractivity contribution >= 4 is 12.0 Å². The van der Waals surface area contributed by atoms with Crippen molar-refractivity contribution in [2.24, 2.45) is 0 Å². The molecule has 0 saturated heterocycles. The van der Waals surface area contributed by atoms with Crippen LogP contribution in [0.4, 0.5) is 4.79 Å². The number of ether oxygens (including phenoxy) is 1. The molecule has 0 radical (unpaired) electrons. The lowest BCUT2D eigenvalue weighted by Gasteiger charge is -2.36. The molecule has 1 atom stereocenters. The fourth-order valence-electron chi connectivity index (χ4n) is 3.28. The Labute approximate surface area is 166 Å². The molecule has 0 aromatic heterocycles. The van der Waals surface area contributed by atoms with Crippen molar-refractivity contribution in [1.29, 1.82) is 0 Å². The molecule has 0 spiro atoms. The number of nitrogens with zero attached hydrogens (tertiary/aromatic N) is 1. The molecule has 2 amide bonds. The summed E-state index contributed by atoms with van der Waals surface area (Å²) in [5.74, 6) is -0.166. The van der Waals surface area contributed by atoms with Gasteiger partial charge in [-0.15, -0.1) is 0 Å². The van der Waals surface area contributed by atoms with Crippen LogP contribution in [0.5, 0.6) is 0 Å². The summed E-state index contributed by atoms with van der Waals surface area (Å²) in [7, 11) is 0. The van der Waals surface area contributed by atoms with Gasteiger partial charge in [-0.05, 0) is 44.4 Å². The maximum atomic E-state index is 13.0. The Morgan fingerprint density at radius 2 is 1.71 bits per heavy atom. The second-order valence-corrected chi connectivity index (χ2v) is 8.30. The third-order valence-electron chi connectivity index (χ3n) is 4.77. The van der Waals surface area contributed by atoms with E-state index in [1.54, 1.807) is 0 Å². The van der Waals surface area contributed by atoms with Gasteiger partial charge >= 0.3 is 6.09 Å². The Bertz CT molecular complexity index is 853. The lowest BCUT2D eigenvalue weighted by molar-refractivity contribution is -0.127. The third kappa shape index (κ3) is 4.91. The summed E-state index contributed by atoms with van der Waals surface area (Å²) in [6, 6.07) is 15.4. The predicted molar refractivity (Wildman–Crippen MR) is 109 cm³/mol. The number of hydrogen-bond acceptors (Lipinski definition) is 3. The summed E-state index contributed by atoms with van der Waals surface area (Å²) in [6.45, 7) is 8.31. The van der Waals surface area contributed by atoms with Crippen LogP contribution in [-0.4, -0.2) is 28.5 Å². The molecule has 1 aliphatic heterocycles. The molecule has 2 aromatic rings. The summed E-state index contributed by atoms with van der Waals surface area (Å²) in [4.78, 5) is 27.3. The molecule has 2 aromatic carbocycles. The summed E-state index contributed by atoms with van der Waals surface area (Å²) in [5.41, 5.74) is 3.74. The molecule has 3 rings (SSSR count). The van der Waals surface area contributed by atoms with Crippen LogP contribution in [0.1, 0.15) is 43.0 Å². The summed E-state index contributed by atoms with van der Waals surface area (Å²) < 4.78 is 5.56. The Hall–Kier alpha value is -2.82. The van der Waals surface area contributed by atoms with E-state index in [1.807, 2.05) is 76.2 Å². The number of carbonyl (C=O) groups is 2. The fourth-order valence-corrected chi connectivity index (χ4v) is 3.28. The van der Waals surface area contributed by atoms with Crippen molar-refractivity contribution in [1.82, 2.24) is 10.2 Å². The molecule has 0 aliphatic carbocycles. The van der Waals surface area contributed by atoms with Crippen LogP contribution >= 0.6 is 0 Å². The summed E-state index contributed by atoms with van der Waals surface area (Å²) in [6.07, 6.45) is 0.0206. The van der Waals surface area contributed by atoms with Gasteiger partial charge in [-0.1, -0.05) is 54.1 Å². The minimum atomic E-state index is -0.614. The van der Waals surface area contributed by atoms with Crippen LogP contribution in [-0.2, 0) is 29.0 Å².